The molecule has 3 rings (SSSR count). The first-order valence-corrected chi connectivity index (χ1v) is 8.45. The van der Waals surface area contributed by atoms with Gasteiger partial charge in [-0.1, -0.05) is 18.2 Å². The van der Waals surface area contributed by atoms with Gasteiger partial charge in [0, 0.05) is 38.3 Å². The molecule has 2 aliphatic rings. The molecule has 124 valence electrons. The molecule has 0 radical (unpaired) electrons. The van der Waals surface area contributed by atoms with Crippen LogP contribution in [0, 0.1) is 0 Å². The Morgan fingerprint density at radius 3 is 2.83 bits per heavy atom. The molecule has 0 aliphatic carbocycles. The lowest BCUT2D eigenvalue weighted by Crippen LogP contribution is -2.43. The number of rotatable bonds is 4. The van der Waals surface area contributed by atoms with Gasteiger partial charge in [0.25, 0.3) is 0 Å². The van der Waals surface area contributed by atoms with Crippen LogP contribution in [-0.4, -0.2) is 48.9 Å². The van der Waals surface area contributed by atoms with E-state index in [4.69, 9.17) is 0 Å². The standard InChI is InChI=1S/C18H25N3O2/c1-13-7-8-14-5-3-4-6-16(14)21(13)12-10-17(22)19-15-9-11-20(2)18(15)23/h3-6,13,15H,7-12H2,1-2H3,(H,19,22)/t13-,15+/m1/s1. The number of hydrogen-bond acceptors (Lipinski definition) is 3. The third-order valence-corrected chi connectivity index (χ3v) is 5.01. The first-order chi connectivity index (χ1) is 11.1. The van der Waals surface area contributed by atoms with Crippen LogP contribution < -0.4 is 10.2 Å². The van der Waals surface area contributed by atoms with E-state index in [-0.39, 0.29) is 17.9 Å². The van der Waals surface area contributed by atoms with Crippen LogP contribution in [0.4, 0.5) is 5.69 Å². The average Bonchev–Trinajstić information content (AvgIpc) is 2.86. The normalized spacial score (nSPS) is 23.8. The second kappa shape index (κ2) is 6.60. The molecule has 0 aromatic heterocycles. The van der Waals surface area contributed by atoms with Gasteiger partial charge >= 0.3 is 0 Å². The summed E-state index contributed by atoms with van der Waals surface area (Å²) in [5.74, 6) is -0.0102. The summed E-state index contributed by atoms with van der Waals surface area (Å²) >= 11 is 0. The number of likely N-dealkylation sites (tertiary alicyclic amines) is 1. The fourth-order valence-electron chi connectivity index (χ4n) is 3.55. The van der Waals surface area contributed by atoms with Crippen LogP contribution in [0.15, 0.2) is 24.3 Å². The van der Waals surface area contributed by atoms with Gasteiger partial charge in [-0.05, 0) is 37.8 Å². The number of benzene rings is 1. The van der Waals surface area contributed by atoms with E-state index in [2.05, 4.69) is 41.4 Å². The lowest BCUT2D eigenvalue weighted by molar-refractivity contribution is -0.131. The van der Waals surface area contributed by atoms with Crippen molar-refractivity contribution in [3.05, 3.63) is 29.8 Å². The molecule has 2 aliphatic heterocycles. The van der Waals surface area contributed by atoms with Crippen molar-refractivity contribution in [2.45, 2.75) is 44.7 Å². The fraction of sp³-hybridized carbons (Fsp3) is 0.556. The number of likely N-dealkylation sites (N-methyl/N-ethyl adjacent to an activating group) is 1. The smallest absolute Gasteiger partial charge is 0.244 e. The topological polar surface area (TPSA) is 52.7 Å². The van der Waals surface area contributed by atoms with E-state index in [9.17, 15) is 9.59 Å². The van der Waals surface area contributed by atoms with Crippen molar-refractivity contribution in [1.29, 1.82) is 0 Å². The van der Waals surface area contributed by atoms with E-state index < -0.39 is 0 Å². The molecule has 2 heterocycles. The van der Waals surface area contributed by atoms with Crippen molar-refractivity contribution in [3.63, 3.8) is 0 Å². The number of para-hydroxylation sites is 1. The Morgan fingerprint density at radius 1 is 1.30 bits per heavy atom. The largest absolute Gasteiger partial charge is 0.368 e. The second-order valence-corrected chi connectivity index (χ2v) is 6.63. The Bertz CT molecular complexity index is 602. The predicted molar refractivity (Wildman–Crippen MR) is 90.4 cm³/mol. The molecular formula is C18H25N3O2. The van der Waals surface area contributed by atoms with Crippen LogP contribution in [0.5, 0.6) is 0 Å². The third kappa shape index (κ3) is 3.33. The summed E-state index contributed by atoms with van der Waals surface area (Å²) in [6.07, 6.45) is 3.35. The summed E-state index contributed by atoms with van der Waals surface area (Å²) in [5, 5.41) is 2.88. The first-order valence-electron chi connectivity index (χ1n) is 8.45. The van der Waals surface area contributed by atoms with Crippen molar-refractivity contribution in [2.24, 2.45) is 0 Å². The van der Waals surface area contributed by atoms with Crippen molar-refractivity contribution in [2.75, 3.05) is 25.0 Å². The minimum absolute atomic E-state index is 0.0232. The molecule has 0 bridgehead atoms. The van der Waals surface area contributed by atoms with Crippen molar-refractivity contribution < 1.29 is 9.59 Å². The SMILES string of the molecule is C[C@@H]1CCc2ccccc2N1CCC(=O)N[C@H]1CCN(C)C1=O. The highest BCUT2D eigenvalue weighted by Gasteiger charge is 2.30. The zero-order chi connectivity index (χ0) is 16.4. The van der Waals surface area contributed by atoms with Gasteiger partial charge in [0.15, 0.2) is 0 Å². The molecule has 1 aromatic carbocycles. The van der Waals surface area contributed by atoms with E-state index in [1.54, 1.807) is 11.9 Å². The van der Waals surface area contributed by atoms with Crippen LogP contribution in [0.25, 0.3) is 0 Å². The van der Waals surface area contributed by atoms with Gasteiger partial charge in [0.05, 0.1) is 0 Å². The van der Waals surface area contributed by atoms with E-state index in [0.29, 0.717) is 25.4 Å². The van der Waals surface area contributed by atoms with Gasteiger partial charge in [0.1, 0.15) is 6.04 Å². The molecule has 5 nitrogen and oxygen atoms in total. The maximum atomic E-state index is 12.2. The Kier molecular flexibility index (Phi) is 4.55. The minimum Gasteiger partial charge on any atom is -0.368 e. The highest BCUT2D eigenvalue weighted by molar-refractivity contribution is 5.89. The summed E-state index contributed by atoms with van der Waals surface area (Å²) in [7, 11) is 1.78. The van der Waals surface area contributed by atoms with Gasteiger partial charge in [-0.25, -0.2) is 0 Å². The Labute approximate surface area is 137 Å². The summed E-state index contributed by atoms with van der Waals surface area (Å²) in [5.41, 5.74) is 2.61. The summed E-state index contributed by atoms with van der Waals surface area (Å²) < 4.78 is 0. The van der Waals surface area contributed by atoms with Crippen molar-refractivity contribution >= 4 is 17.5 Å². The van der Waals surface area contributed by atoms with Gasteiger partial charge in [-0.15, -0.1) is 0 Å². The molecule has 1 N–H and O–H groups in total. The number of nitrogens with zero attached hydrogens (tertiary/aromatic N) is 2. The number of fused-ring (bicyclic) bond motifs is 1. The van der Waals surface area contributed by atoms with Crippen molar-refractivity contribution in [3.8, 4) is 0 Å². The zero-order valence-corrected chi connectivity index (χ0v) is 13.9. The van der Waals surface area contributed by atoms with E-state index in [1.807, 2.05) is 0 Å². The number of anilines is 1. The number of aryl methyl sites for hydroxylation is 1. The minimum atomic E-state index is -0.335. The van der Waals surface area contributed by atoms with Crippen LogP contribution >= 0.6 is 0 Å². The lowest BCUT2D eigenvalue weighted by atomic mass is 9.96. The number of hydrogen-bond donors (Lipinski definition) is 1. The highest BCUT2D eigenvalue weighted by atomic mass is 16.2. The molecule has 5 heteroatoms. The summed E-state index contributed by atoms with van der Waals surface area (Å²) in [6, 6.07) is 8.54. The van der Waals surface area contributed by atoms with Gasteiger partial charge < -0.3 is 15.1 Å². The van der Waals surface area contributed by atoms with Crippen LogP contribution in [0.2, 0.25) is 0 Å². The van der Waals surface area contributed by atoms with Crippen molar-refractivity contribution in [1.82, 2.24) is 10.2 Å². The maximum absolute atomic E-state index is 12.2. The second-order valence-electron chi connectivity index (χ2n) is 6.63. The van der Waals surface area contributed by atoms with Gasteiger partial charge in [-0.2, -0.15) is 0 Å². The molecule has 1 fully saturated rings. The number of carbonyl (C=O) groups is 2. The fourth-order valence-corrected chi connectivity index (χ4v) is 3.55. The molecule has 1 saturated heterocycles. The Balaban J connectivity index is 1.58. The number of amides is 2. The molecule has 0 saturated carbocycles. The highest BCUT2D eigenvalue weighted by Crippen LogP contribution is 2.30. The lowest BCUT2D eigenvalue weighted by Gasteiger charge is -2.37. The Hall–Kier alpha value is -2.04. The van der Waals surface area contributed by atoms with Gasteiger partial charge in [0.2, 0.25) is 11.8 Å². The summed E-state index contributed by atoms with van der Waals surface area (Å²) in [4.78, 5) is 28.1. The molecular weight excluding hydrogens is 290 g/mol. The number of nitrogens with one attached hydrogen (secondary N) is 1. The molecule has 1 aromatic rings. The van der Waals surface area contributed by atoms with Crippen LogP contribution in [-0.2, 0) is 16.0 Å². The number of carbonyl (C=O) groups excluding carboxylic acids is 2. The monoisotopic (exact) mass is 315 g/mol. The first kappa shape index (κ1) is 15.8. The van der Waals surface area contributed by atoms with E-state index >= 15 is 0 Å². The zero-order valence-electron chi connectivity index (χ0n) is 13.9. The van der Waals surface area contributed by atoms with Crippen LogP contribution in [0.1, 0.15) is 31.7 Å². The predicted octanol–water partition coefficient (Wildman–Crippen LogP) is 1.56. The quantitative estimate of drug-likeness (QED) is 0.917. The van der Waals surface area contributed by atoms with E-state index in [0.717, 1.165) is 19.4 Å². The van der Waals surface area contributed by atoms with Crippen LogP contribution in [0.3, 0.4) is 0 Å². The third-order valence-electron chi connectivity index (χ3n) is 5.01. The van der Waals surface area contributed by atoms with Gasteiger partial charge in [-0.3, -0.25) is 9.59 Å². The molecule has 2 atom stereocenters. The maximum Gasteiger partial charge on any atom is 0.244 e. The molecule has 23 heavy (non-hydrogen) atoms. The average molecular weight is 315 g/mol. The molecule has 0 spiro atoms. The molecule has 0 unspecified atom stereocenters. The summed E-state index contributed by atoms with van der Waals surface area (Å²) in [6.45, 7) is 3.63. The van der Waals surface area contributed by atoms with E-state index in [1.165, 1.54) is 11.3 Å². The Morgan fingerprint density at radius 2 is 2.09 bits per heavy atom. The molecule has 2 amide bonds.